The number of H-pyrrole nitrogens is 1. The smallest absolute Gasteiger partial charge is 0.269 e. The number of likely N-dealkylation sites (tertiary alicyclic amines) is 1. The van der Waals surface area contributed by atoms with E-state index in [9.17, 15) is 9.59 Å². The van der Waals surface area contributed by atoms with E-state index in [0.29, 0.717) is 17.0 Å². The van der Waals surface area contributed by atoms with Crippen LogP contribution >= 0.6 is 0 Å². The molecular formula is C20H21N5O3. The van der Waals surface area contributed by atoms with Crippen LogP contribution in [-0.2, 0) is 6.54 Å². The quantitative estimate of drug-likeness (QED) is 0.692. The third-order valence-electron chi connectivity index (χ3n) is 4.76. The molecule has 1 fully saturated rings. The van der Waals surface area contributed by atoms with E-state index in [1.807, 2.05) is 12.3 Å². The second-order valence-electron chi connectivity index (χ2n) is 6.95. The van der Waals surface area contributed by atoms with Crippen LogP contribution in [0.5, 0.6) is 5.75 Å². The molecule has 4 rings (SSSR count). The molecule has 3 aromatic rings. The Morgan fingerprint density at radius 1 is 1.29 bits per heavy atom. The van der Waals surface area contributed by atoms with Gasteiger partial charge in [-0.15, -0.1) is 0 Å². The van der Waals surface area contributed by atoms with Gasteiger partial charge in [0.25, 0.3) is 11.5 Å². The Bertz CT molecular complexity index is 1070. The van der Waals surface area contributed by atoms with Crippen LogP contribution in [0.2, 0.25) is 0 Å². The highest BCUT2D eigenvalue weighted by atomic mass is 16.5. The number of nitrogens with one attached hydrogen (secondary N) is 2. The summed E-state index contributed by atoms with van der Waals surface area (Å²) in [6.45, 7) is 4.10. The van der Waals surface area contributed by atoms with Gasteiger partial charge in [0.2, 0.25) is 0 Å². The number of aryl methyl sites for hydroxylation is 1. The maximum atomic E-state index is 11.8. The molecular weight excluding hydrogens is 358 g/mol. The lowest BCUT2D eigenvalue weighted by Crippen LogP contribution is -2.53. The number of aromatic amines is 1. The maximum Gasteiger partial charge on any atom is 0.269 e. The van der Waals surface area contributed by atoms with Gasteiger partial charge in [-0.3, -0.25) is 19.5 Å². The molecule has 28 heavy (non-hydrogen) atoms. The summed E-state index contributed by atoms with van der Waals surface area (Å²) in [6, 6.07) is 7.17. The van der Waals surface area contributed by atoms with Crippen LogP contribution < -0.4 is 15.6 Å². The van der Waals surface area contributed by atoms with Gasteiger partial charge in [0, 0.05) is 38.4 Å². The zero-order valence-corrected chi connectivity index (χ0v) is 15.7. The zero-order chi connectivity index (χ0) is 19.7. The lowest BCUT2D eigenvalue weighted by atomic mass is 10.1. The average Bonchev–Trinajstić information content (AvgIpc) is 2.67. The van der Waals surface area contributed by atoms with E-state index in [2.05, 4.69) is 25.2 Å². The van der Waals surface area contributed by atoms with Gasteiger partial charge in [-0.25, -0.2) is 4.98 Å². The molecule has 1 aliphatic heterocycles. The van der Waals surface area contributed by atoms with Crippen LogP contribution in [0, 0.1) is 6.92 Å². The lowest BCUT2D eigenvalue weighted by Gasteiger charge is -2.38. The van der Waals surface area contributed by atoms with Crippen LogP contribution in [0.3, 0.4) is 0 Å². The Labute approximate surface area is 161 Å². The molecule has 0 unspecified atom stereocenters. The normalized spacial score (nSPS) is 14.6. The van der Waals surface area contributed by atoms with Gasteiger partial charge in [0.15, 0.2) is 0 Å². The fourth-order valence-corrected chi connectivity index (χ4v) is 3.20. The summed E-state index contributed by atoms with van der Waals surface area (Å²) in [6.07, 6.45) is 3.50. The van der Waals surface area contributed by atoms with Crippen molar-refractivity contribution in [2.24, 2.45) is 0 Å². The van der Waals surface area contributed by atoms with Gasteiger partial charge < -0.3 is 15.0 Å². The van der Waals surface area contributed by atoms with Crippen molar-refractivity contribution in [2.45, 2.75) is 19.6 Å². The summed E-state index contributed by atoms with van der Waals surface area (Å²) >= 11 is 0. The Morgan fingerprint density at radius 3 is 2.82 bits per heavy atom. The van der Waals surface area contributed by atoms with E-state index < -0.39 is 0 Å². The summed E-state index contributed by atoms with van der Waals surface area (Å²) < 4.78 is 5.89. The standard InChI is InChI=1S/C20H21N5O3/c1-12-5-17-18(24-19(12)26)6-13(7-22-17)9-25-10-15(11-25)28-14-3-4-16(23-8-14)20(27)21-2/h3-8,15H,9-11H2,1-2H3,(H,21,27)(H,24,26). The molecule has 4 heterocycles. The summed E-state index contributed by atoms with van der Waals surface area (Å²) in [7, 11) is 1.57. The first-order valence-corrected chi connectivity index (χ1v) is 9.07. The number of hydrogen-bond donors (Lipinski definition) is 2. The first-order valence-electron chi connectivity index (χ1n) is 9.07. The molecule has 8 nitrogen and oxygen atoms in total. The third kappa shape index (κ3) is 3.72. The number of pyridine rings is 3. The van der Waals surface area contributed by atoms with Gasteiger partial charge in [0.1, 0.15) is 17.5 Å². The number of hydrogen-bond acceptors (Lipinski definition) is 6. The summed E-state index contributed by atoms with van der Waals surface area (Å²) in [5.74, 6) is 0.430. The SMILES string of the molecule is CNC(=O)c1ccc(OC2CN(Cc3cnc4cc(C)c(=O)[nH]c4c3)C2)cn1. The largest absolute Gasteiger partial charge is 0.486 e. The van der Waals surface area contributed by atoms with Crippen molar-refractivity contribution >= 4 is 16.9 Å². The number of carbonyl (C=O) groups is 1. The van der Waals surface area contributed by atoms with E-state index in [-0.39, 0.29) is 17.6 Å². The highest BCUT2D eigenvalue weighted by Crippen LogP contribution is 2.20. The maximum absolute atomic E-state index is 11.8. The highest BCUT2D eigenvalue weighted by molar-refractivity contribution is 5.91. The minimum absolute atomic E-state index is 0.0834. The van der Waals surface area contributed by atoms with Crippen molar-refractivity contribution in [1.29, 1.82) is 0 Å². The Morgan fingerprint density at radius 2 is 2.11 bits per heavy atom. The van der Waals surface area contributed by atoms with Crippen LogP contribution in [0.1, 0.15) is 21.6 Å². The lowest BCUT2D eigenvalue weighted by molar-refractivity contribution is 0.0143. The predicted molar refractivity (Wildman–Crippen MR) is 104 cm³/mol. The van der Waals surface area contributed by atoms with Gasteiger partial charge in [-0.2, -0.15) is 0 Å². The number of aromatic nitrogens is 3. The molecule has 3 aromatic heterocycles. The van der Waals surface area contributed by atoms with Gasteiger partial charge in [-0.1, -0.05) is 0 Å². The number of rotatable bonds is 5. The van der Waals surface area contributed by atoms with Crippen molar-refractivity contribution in [3.05, 3.63) is 63.8 Å². The van der Waals surface area contributed by atoms with Crippen molar-refractivity contribution in [3.8, 4) is 5.75 Å². The third-order valence-corrected chi connectivity index (χ3v) is 4.76. The molecule has 1 aliphatic rings. The number of carbonyl (C=O) groups excluding carboxylic acids is 1. The first kappa shape index (κ1) is 18.1. The van der Waals surface area contributed by atoms with Gasteiger partial charge >= 0.3 is 0 Å². The molecule has 144 valence electrons. The molecule has 0 saturated carbocycles. The molecule has 0 bridgehead atoms. The molecule has 2 N–H and O–H groups in total. The molecule has 0 aliphatic carbocycles. The summed E-state index contributed by atoms with van der Waals surface area (Å²) in [5, 5.41) is 2.54. The van der Waals surface area contributed by atoms with E-state index in [0.717, 1.165) is 36.2 Å². The topological polar surface area (TPSA) is 100 Å². The fraction of sp³-hybridized carbons (Fsp3) is 0.300. The molecule has 0 spiro atoms. The molecule has 0 radical (unpaired) electrons. The van der Waals surface area contributed by atoms with E-state index in [1.165, 1.54) is 0 Å². The van der Waals surface area contributed by atoms with Gasteiger partial charge in [0.05, 0.1) is 17.2 Å². The molecule has 0 atom stereocenters. The number of nitrogens with zero attached hydrogens (tertiary/aromatic N) is 3. The second-order valence-corrected chi connectivity index (χ2v) is 6.95. The van der Waals surface area contributed by atoms with Crippen LogP contribution in [0.15, 0.2) is 41.5 Å². The van der Waals surface area contributed by atoms with Crippen molar-refractivity contribution in [2.75, 3.05) is 20.1 Å². The minimum Gasteiger partial charge on any atom is -0.486 e. The number of fused-ring (bicyclic) bond motifs is 1. The van der Waals surface area contributed by atoms with Crippen LogP contribution in [0.25, 0.3) is 11.0 Å². The Kier molecular flexibility index (Phi) is 4.79. The molecule has 0 aromatic carbocycles. The monoisotopic (exact) mass is 379 g/mol. The van der Waals surface area contributed by atoms with E-state index in [4.69, 9.17) is 4.74 Å². The van der Waals surface area contributed by atoms with E-state index in [1.54, 1.807) is 38.4 Å². The van der Waals surface area contributed by atoms with Gasteiger partial charge in [-0.05, 0) is 36.8 Å². The summed E-state index contributed by atoms with van der Waals surface area (Å²) in [5.41, 5.74) is 3.53. The molecule has 1 saturated heterocycles. The minimum atomic E-state index is -0.220. The predicted octanol–water partition coefficient (Wildman–Crippen LogP) is 1.25. The Hall–Kier alpha value is -3.26. The molecule has 1 amide bonds. The highest BCUT2D eigenvalue weighted by Gasteiger charge is 2.28. The molecule has 8 heteroatoms. The van der Waals surface area contributed by atoms with Crippen LogP contribution in [0.4, 0.5) is 0 Å². The van der Waals surface area contributed by atoms with E-state index >= 15 is 0 Å². The van der Waals surface area contributed by atoms with Crippen LogP contribution in [-0.4, -0.2) is 52.0 Å². The van der Waals surface area contributed by atoms with Crippen molar-refractivity contribution in [3.63, 3.8) is 0 Å². The Balaban J connectivity index is 1.33. The summed E-state index contributed by atoms with van der Waals surface area (Å²) in [4.78, 5) is 36.9. The number of ether oxygens (including phenoxy) is 1. The fourth-order valence-electron chi connectivity index (χ4n) is 3.20. The number of amides is 1. The average molecular weight is 379 g/mol. The van der Waals surface area contributed by atoms with Crippen molar-refractivity contribution < 1.29 is 9.53 Å². The zero-order valence-electron chi connectivity index (χ0n) is 15.7. The second kappa shape index (κ2) is 7.40. The first-order chi connectivity index (χ1) is 13.5. The van der Waals surface area contributed by atoms with Crippen molar-refractivity contribution in [1.82, 2.24) is 25.2 Å².